The Morgan fingerprint density at radius 2 is 2.19 bits per heavy atom. The van der Waals surface area contributed by atoms with E-state index in [4.69, 9.17) is 4.74 Å². The zero-order valence-corrected chi connectivity index (χ0v) is 8.80. The van der Waals surface area contributed by atoms with Gasteiger partial charge in [-0.3, -0.25) is 15.4 Å². The number of rotatable bonds is 4. The van der Waals surface area contributed by atoms with Crippen LogP contribution in [0.15, 0.2) is 24.3 Å². The lowest BCUT2D eigenvalue weighted by Crippen LogP contribution is -2.14. The van der Waals surface area contributed by atoms with E-state index in [9.17, 15) is 14.9 Å². The summed E-state index contributed by atoms with van der Waals surface area (Å²) in [6.45, 7) is 2.14. The lowest BCUT2D eigenvalue weighted by Gasteiger charge is -2.05. The first-order chi connectivity index (χ1) is 7.65. The van der Waals surface area contributed by atoms with Crippen LogP contribution >= 0.6 is 0 Å². The molecule has 0 aliphatic heterocycles. The first kappa shape index (κ1) is 12.0. The van der Waals surface area contributed by atoms with Crippen LogP contribution in [0.1, 0.15) is 13.3 Å². The highest BCUT2D eigenvalue weighted by atomic mass is 16.6. The number of nitro benzene ring substituents is 1. The van der Waals surface area contributed by atoms with Crippen molar-refractivity contribution in [3.63, 3.8) is 0 Å². The minimum Gasteiger partial charge on any atom is -0.449 e. The molecule has 0 aliphatic rings. The van der Waals surface area contributed by atoms with Crippen molar-refractivity contribution in [1.29, 1.82) is 0 Å². The predicted molar refractivity (Wildman–Crippen MR) is 58.4 cm³/mol. The maximum atomic E-state index is 11.2. The number of ether oxygens (including phenoxy) is 1. The molecule has 0 heterocycles. The van der Waals surface area contributed by atoms with E-state index in [1.54, 1.807) is 6.07 Å². The smallest absolute Gasteiger partial charge is 0.411 e. The Bertz CT molecular complexity index is 392. The Hall–Kier alpha value is -2.11. The molecule has 0 bridgehead atoms. The normalized spacial score (nSPS) is 9.56. The van der Waals surface area contributed by atoms with Crippen LogP contribution in [0.25, 0.3) is 0 Å². The third-order valence-corrected chi connectivity index (χ3v) is 1.77. The number of nitro groups is 1. The molecule has 0 aromatic heterocycles. The number of carbonyl (C=O) groups excluding carboxylic acids is 1. The lowest BCUT2D eigenvalue weighted by atomic mass is 10.3. The molecule has 6 heteroatoms. The van der Waals surface area contributed by atoms with Crippen molar-refractivity contribution in [3.8, 4) is 0 Å². The van der Waals surface area contributed by atoms with E-state index in [2.05, 4.69) is 5.32 Å². The Morgan fingerprint density at radius 3 is 2.81 bits per heavy atom. The van der Waals surface area contributed by atoms with Crippen molar-refractivity contribution in [2.24, 2.45) is 0 Å². The number of hydrogen-bond acceptors (Lipinski definition) is 4. The second-order valence-electron chi connectivity index (χ2n) is 3.04. The maximum Gasteiger partial charge on any atom is 0.411 e. The van der Waals surface area contributed by atoms with E-state index in [-0.39, 0.29) is 18.0 Å². The second kappa shape index (κ2) is 5.69. The standard InChI is InChI=1S/C10H12N2O4/c1-2-7-16-10(13)11-8-5-3-4-6-9(8)12(14)15/h3-6H,2,7H2,1H3,(H,11,13). The van der Waals surface area contributed by atoms with E-state index < -0.39 is 11.0 Å². The molecule has 0 saturated heterocycles. The third kappa shape index (κ3) is 3.23. The number of para-hydroxylation sites is 2. The average Bonchev–Trinajstić information content (AvgIpc) is 2.27. The molecule has 1 rings (SSSR count). The van der Waals surface area contributed by atoms with E-state index in [1.807, 2.05) is 6.92 Å². The zero-order valence-electron chi connectivity index (χ0n) is 8.80. The summed E-state index contributed by atoms with van der Waals surface area (Å²) in [7, 11) is 0. The molecule has 86 valence electrons. The summed E-state index contributed by atoms with van der Waals surface area (Å²) in [5, 5.41) is 13.0. The SMILES string of the molecule is CCCOC(=O)Nc1ccccc1[N+](=O)[O-]. The van der Waals surface area contributed by atoms with Gasteiger partial charge in [-0.25, -0.2) is 4.79 Å². The molecule has 1 aromatic carbocycles. The summed E-state index contributed by atoms with van der Waals surface area (Å²) in [6.07, 6.45) is 0.0146. The fourth-order valence-corrected chi connectivity index (χ4v) is 1.08. The van der Waals surface area contributed by atoms with Gasteiger partial charge in [0, 0.05) is 6.07 Å². The maximum absolute atomic E-state index is 11.2. The Morgan fingerprint density at radius 1 is 1.50 bits per heavy atom. The fraction of sp³-hybridized carbons (Fsp3) is 0.300. The molecule has 16 heavy (non-hydrogen) atoms. The van der Waals surface area contributed by atoms with Gasteiger partial charge in [-0.1, -0.05) is 19.1 Å². The molecular weight excluding hydrogens is 212 g/mol. The van der Waals surface area contributed by atoms with Crippen molar-refractivity contribution in [2.45, 2.75) is 13.3 Å². The average molecular weight is 224 g/mol. The van der Waals surface area contributed by atoms with Crippen molar-refractivity contribution < 1.29 is 14.5 Å². The second-order valence-corrected chi connectivity index (χ2v) is 3.04. The van der Waals surface area contributed by atoms with Gasteiger partial charge in [0.05, 0.1) is 11.5 Å². The van der Waals surface area contributed by atoms with Crippen molar-refractivity contribution in [2.75, 3.05) is 11.9 Å². The molecule has 0 spiro atoms. The molecule has 0 saturated carbocycles. The summed E-state index contributed by atoms with van der Waals surface area (Å²) in [6, 6.07) is 5.89. The third-order valence-electron chi connectivity index (χ3n) is 1.77. The molecule has 0 atom stereocenters. The zero-order chi connectivity index (χ0) is 12.0. The van der Waals surface area contributed by atoms with Gasteiger partial charge >= 0.3 is 6.09 Å². The van der Waals surface area contributed by atoms with Crippen LogP contribution in [0.5, 0.6) is 0 Å². The van der Waals surface area contributed by atoms with Crippen LogP contribution in [-0.4, -0.2) is 17.6 Å². The lowest BCUT2D eigenvalue weighted by molar-refractivity contribution is -0.383. The minimum atomic E-state index is -0.684. The Balaban J connectivity index is 2.73. The van der Waals surface area contributed by atoms with Crippen LogP contribution in [0.4, 0.5) is 16.2 Å². The van der Waals surface area contributed by atoms with E-state index in [1.165, 1.54) is 18.2 Å². The van der Waals surface area contributed by atoms with Gasteiger partial charge < -0.3 is 4.74 Å². The molecule has 0 aliphatic carbocycles. The molecule has 1 N–H and O–H groups in total. The number of carbonyl (C=O) groups is 1. The molecule has 0 radical (unpaired) electrons. The molecule has 0 fully saturated rings. The van der Waals surface area contributed by atoms with Gasteiger partial charge in [-0.2, -0.15) is 0 Å². The van der Waals surface area contributed by atoms with Gasteiger partial charge in [-0.15, -0.1) is 0 Å². The van der Waals surface area contributed by atoms with E-state index in [0.29, 0.717) is 6.42 Å². The summed E-state index contributed by atoms with van der Waals surface area (Å²) >= 11 is 0. The molecular formula is C10H12N2O4. The quantitative estimate of drug-likeness (QED) is 0.629. The van der Waals surface area contributed by atoms with Crippen LogP contribution in [0.2, 0.25) is 0 Å². The van der Waals surface area contributed by atoms with Gasteiger partial charge in [0.1, 0.15) is 5.69 Å². The van der Waals surface area contributed by atoms with Crippen molar-refractivity contribution in [3.05, 3.63) is 34.4 Å². The van der Waals surface area contributed by atoms with E-state index in [0.717, 1.165) is 0 Å². The predicted octanol–water partition coefficient (Wildman–Crippen LogP) is 2.55. The van der Waals surface area contributed by atoms with Crippen LogP contribution in [0, 0.1) is 10.1 Å². The van der Waals surface area contributed by atoms with Crippen molar-refractivity contribution in [1.82, 2.24) is 0 Å². The number of nitrogens with one attached hydrogen (secondary N) is 1. The largest absolute Gasteiger partial charge is 0.449 e. The van der Waals surface area contributed by atoms with Crippen molar-refractivity contribution >= 4 is 17.5 Å². The summed E-state index contributed by atoms with van der Waals surface area (Å²) in [5.41, 5.74) is -0.0236. The first-order valence-electron chi connectivity index (χ1n) is 4.82. The van der Waals surface area contributed by atoms with Gasteiger partial charge in [0.25, 0.3) is 5.69 Å². The number of anilines is 1. The minimum absolute atomic E-state index is 0.133. The number of benzene rings is 1. The molecule has 1 amide bonds. The van der Waals surface area contributed by atoms with Gasteiger partial charge in [0.2, 0.25) is 0 Å². The summed E-state index contributed by atoms with van der Waals surface area (Å²) < 4.78 is 4.76. The van der Waals surface area contributed by atoms with E-state index >= 15 is 0 Å². The topological polar surface area (TPSA) is 81.5 Å². The number of amides is 1. The van der Waals surface area contributed by atoms with Crippen LogP contribution in [0.3, 0.4) is 0 Å². The van der Waals surface area contributed by atoms with Gasteiger partial charge in [-0.05, 0) is 12.5 Å². The van der Waals surface area contributed by atoms with Crippen LogP contribution in [-0.2, 0) is 4.74 Å². The Kier molecular flexibility index (Phi) is 4.26. The number of hydrogen-bond donors (Lipinski definition) is 1. The molecule has 1 aromatic rings. The fourth-order valence-electron chi connectivity index (χ4n) is 1.08. The first-order valence-corrected chi connectivity index (χ1v) is 4.82. The highest BCUT2D eigenvalue weighted by molar-refractivity contribution is 5.87. The molecule has 0 unspecified atom stereocenters. The summed E-state index contributed by atoms with van der Waals surface area (Å²) in [5.74, 6) is 0. The highest BCUT2D eigenvalue weighted by Gasteiger charge is 2.14. The van der Waals surface area contributed by atoms with Gasteiger partial charge in [0.15, 0.2) is 0 Å². The van der Waals surface area contributed by atoms with Crippen LogP contribution < -0.4 is 5.32 Å². The monoisotopic (exact) mass is 224 g/mol. The highest BCUT2D eigenvalue weighted by Crippen LogP contribution is 2.23. The Labute approximate surface area is 92.4 Å². The summed E-state index contributed by atoms with van der Waals surface area (Å²) in [4.78, 5) is 21.3. The molecule has 6 nitrogen and oxygen atoms in total. The number of nitrogens with zero attached hydrogens (tertiary/aromatic N) is 1.